The van der Waals surface area contributed by atoms with Gasteiger partial charge in [0.05, 0.1) is 18.3 Å². The number of aromatic nitrogens is 4. The number of aryl methyl sites for hydroxylation is 1. The van der Waals surface area contributed by atoms with Crippen molar-refractivity contribution >= 4 is 11.7 Å². The van der Waals surface area contributed by atoms with Crippen molar-refractivity contribution < 1.29 is 22.8 Å². The van der Waals surface area contributed by atoms with E-state index in [2.05, 4.69) is 15.1 Å². The van der Waals surface area contributed by atoms with Crippen LogP contribution in [0.5, 0.6) is 0 Å². The van der Waals surface area contributed by atoms with Gasteiger partial charge in [0.15, 0.2) is 11.6 Å². The molecule has 2 saturated heterocycles. The number of hydroxylamine groups is 2. The Balaban J connectivity index is 1.28. The topological polar surface area (TPSA) is 76.4 Å². The first-order valence-corrected chi connectivity index (χ1v) is 11.1. The van der Waals surface area contributed by atoms with Crippen LogP contribution in [0.1, 0.15) is 30.9 Å². The van der Waals surface area contributed by atoms with Gasteiger partial charge in [-0.1, -0.05) is 0 Å². The molecule has 2 aromatic heterocycles. The number of rotatable bonds is 4. The number of anilines is 1. The third-order valence-electron chi connectivity index (χ3n) is 6.37. The van der Waals surface area contributed by atoms with Crippen LogP contribution in [0.3, 0.4) is 0 Å². The quantitative estimate of drug-likeness (QED) is 0.579. The molecule has 0 bridgehead atoms. The van der Waals surface area contributed by atoms with Gasteiger partial charge >= 0.3 is 0 Å². The highest BCUT2D eigenvalue weighted by molar-refractivity contribution is 5.79. The molecule has 2 fully saturated rings. The SMILES string of the molecule is Cn1nccc1-c1ncnc(N2CCC(C(=O)N3OCC[C@H]3c3cc(F)cc(F)c3)CC2)c1F. The average molecular weight is 472 g/mol. The zero-order valence-corrected chi connectivity index (χ0v) is 18.5. The molecular weight excluding hydrogens is 449 g/mol. The molecule has 178 valence electrons. The minimum Gasteiger partial charge on any atom is -0.354 e. The van der Waals surface area contributed by atoms with Gasteiger partial charge in [-0.3, -0.25) is 14.3 Å². The van der Waals surface area contributed by atoms with Crippen molar-refractivity contribution in [2.45, 2.75) is 25.3 Å². The molecule has 0 spiro atoms. The first kappa shape index (κ1) is 22.3. The smallest absolute Gasteiger partial charge is 0.249 e. The van der Waals surface area contributed by atoms with Gasteiger partial charge in [-0.15, -0.1) is 0 Å². The van der Waals surface area contributed by atoms with E-state index < -0.39 is 23.5 Å². The number of hydrogen-bond donors (Lipinski definition) is 0. The molecule has 0 saturated carbocycles. The fourth-order valence-electron chi connectivity index (χ4n) is 4.64. The van der Waals surface area contributed by atoms with Crippen LogP contribution in [0.4, 0.5) is 19.0 Å². The highest BCUT2D eigenvalue weighted by atomic mass is 19.1. The highest BCUT2D eigenvalue weighted by Gasteiger charge is 2.38. The summed E-state index contributed by atoms with van der Waals surface area (Å²) in [4.78, 5) is 28.8. The van der Waals surface area contributed by atoms with E-state index in [0.29, 0.717) is 43.6 Å². The molecule has 34 heavy (non-hydrogen) atoms. The summed E-state index contributed by atoms with van der Waals surface area (Å²) in [6.07, 6.45) is 4.27. The summed E-state index contributed by atoms with van der Waals surface area (Å²) < 4.78 is 44.2. The second kappa shape index (κ2) is 9.05. The number of carbonyl (C=O) groups is 1. The third kappa shape index (κ3) is 4.11. The summed E-state index contributed by atoms with van der Waals surface area (Å²) in [6, 6.07) is 4.38. The molecule has 5 rings (SSSR count). The van der Waals surface area contributed by atoms with Gasteiger partial charge in [0.1, 0.15) is 23.7 Å². The number of halogens is 3. The predicted molar refractivity (Wildman–Crippen MR) is 116 cm³/mol. The Morgan fingerprint density at radius 2 is 1.79 bits per heavy atom. The molecule has 2 aliphatic heterocycles. The van der Waals surface area contributed by atoms with E-state index in [-0.39, 0.29) is 29.9 Å². The summed E-state index contributed by atoms with van der Waals surface area (Å²) in [5.74, 6) is -2.32. The van der Waals surface area contributed by atoms with Crippen LogP contribution < -0.4 is 4.90 Å². The Hall–Kier alpha value is -3.47. The number of benzene rings is 1. The Kier molecular flexibility index (Phi) is 5.94. The zero-order chi connectivity index (χ0) is 23.8. The van der Waals surface area contributed by atoms with Crippen molar-refractivity contribution in [3.63, 3.8) is 0 Å². The van der Waals surface area contributed by atoms with E-state index in [9.17, 15) is 13.6 Å². The van der Waals surface area contributed by atoms with Gasteiger partial charge in [0, 0.05) is 44.7 Å². The fourth-order valence-corrected chi connectivity index (χ4v) is 4.64. The summed E-state index contributed by atoms with van der Waals surface area (Å²) in [7, 11) is 1.71. The second-order valence-electron chi connectivity index (χ2n) is 8.47. The van der Waals surface area contributed by atoms with Crippen LogP contribution >= 0.6 is 0 Å². The van der Waals surface area contributed by atoms with E-state index in [0.717, 1.165) is 6.07 Å². The molecule has 0 unspecified atom stereocenters. The van der Waals surface area contributed by atoms with Crippen LogP contribution in [-0.2, 0) is 16.7 Å². The minimum atomic E-state index is -0.694. The first-order valence-electron chi connectivity index (χ1n) is 11.1. The Labute approximate surface area is 193 Å². The summed E-state index contributed by atoms with van der Waals surface area (Å²) in [6.45, 7) is 1.13. The number of amides is 1. The van der Waals surface area contributed by atoms with Gasteiger partial charge in [-0.05, 0) is 36.6 Å². The molecule has 11 heteroatoms. The van der Waals surface area contributed by atoms with E-state index >= 15 is 4.39 Å². The standard InChI is InChI=1S/C23H23F3N6O2/c1-30-19(2-6-29-30)21-20(26)22(28-13-27-21)31-7-3-14(4-8-31)23(33)32-18(5-9-34-32)15-10-16(24)12-17(25)11-15/h2,6,10-14,18H,3-5,7-9H2,1H3/t18-/m0/s1. The van der Waals surface area contributed by atoms with Crippen molar-refractivity contribution in [3.05, 3.63) is 59.8 Å². The minimum absolute atomic E-state index is 0.166. The second-order valence-corrected chi connectivity index (χ2v) is 8.47. The molecule has 2 aliphatic rings. The van der Waals surface area contributed by atoms with Gasteiger partial charge in [-0.2, -0.15) is 5.10 Å². The van der Waals surface area contributed by atoms with Crippen LogP contribution in [0.2, 0.25) is 0 Å². The molecule has 1 atom stereocenters. The lowest BCUT2D eigenvalue weighted by atomic mass is 9.94. The molecule has 0 aliphatic carbocycles. The largest absolute Gasteiger partial charge is 0.354 e. The molecule has 1 aromatic carbocycles. The maximum Gasteiger partial charge on any atom is 0.249 e. The lowest BCUT2D eigenvalue weighted by Crippen LogP contribution is -2.42. The number of carbonyl (C=O) groups excluding carboxylic acids is 1. The monoisotopic (exact) mass is 472 g/mol. The normalized spacial score (nSPS) is 19.1. The zero-order valence-electron chi connectivity index (χ0n) is 18.5. The van der Waals surface area contributed by atoms with Crippen LogP contribution in [0.15, 0.2) is 36.8 Å². The Morgan fingerprint density at radius 1 is 1.06 bits per heavy atom. The predicted octanol–water partition coefficient (Wildman–Crippen LogP) is 3.42. The third-order valence-corrected chi connectivity index (χ3v) is 6.37. The van der Waals surface area contributed by atoms with E-state index in [4.69, 9.17) is 4.84 Å². The van der Waals surface area contributed by atoms with Crippen LogP contribution in [0, 0.1) is 23.4 Å². The molecular formula is C23H23F3N6O2. The molecule has 4 heterocycles. The van der Waals surface area contributed by atoms with E-state index in [1.165, 1.54) is 28.2 Å². The summed E-state index contributed by atoms with van der Waals surface area (Å²) >= 11 is 0. The van der Waals surface area contributed by atoms with E-state index in [1.54, 1.807) is 24.2 Å². The number of piperidine rings is 1. The average Bonchev–Trinajstić information content (AvgIpc) is 3.48. The maximum absolute atomic E-state index is 15.2. The van der Waals surface area contributed by atoms with Gasteiger partial charge < -0.3 is 4.90 Å². The van der Waals surface area contributed by atoms with Crippen LogP contribution in [0.25, 0.3) is 11.4 Å². The van der Waals surface area contributed by atoms with E-state index in [1.807, 2.05) is 0 Å². The van der Waals surface area contributed by atoms with Crippen molar-refractivity contribution in [1.29, 1.82) is 0 Å². The molecule has 0 N–H and O–H groups in total. The maximum atomic E-state index is 15.2. The van der Waals surface area contributed by atoms with Crippen molar-refractivity contribution in [2.24, 2.45) is 13.0 Å². The molecule has 8 nitrogen and oxygen atoms in total. The number of nitrogens with zero attached hydrogens (tertiary/aromatic N) is 6. The fraction of sp³-hybridized carbons (Fsp3) is 0.391. The van der Waals surface area contributed by atoms with Gasteiger partial charge in [0.25, 0.3) is 0 Å². The first-order chi connectivity index (χ1) is 16.4. The van der Waals surface area contributed by atoms with Crippen molar-refractivity contribution in [2.75, 3.05) is 24.6 Å². The van der Waals surface area contributed by atoms with Crippen molar-refractivity contribution in [1.82, 2.24) is 24.8 Å². The molecule has 1 amide bonds. The van der Waals surface area contributed by atoms with Crippen molar-refractivity contribution in [3.8, 4) is 11.4 Å². The molecule has 3 aromatic rings. The Morgan fingerprint density at radius 3 is 2.47 bits per heavy atom. The summed E-state index contributed by atoms with van der Waals surface area (Å²) in [5, 5.41) is 5.31. The molecule has 0 radical (unpaired) electrons. The summed E-state index contributed by atoms with van der Waals surface area (Å²) in [5.41, 5.74) is 1.07. The van der Waals surface area contributed by atoms with Gasteiger partial charge in [-0.25, -0.2) is 28.2 Å². The van der Waals surface area contributed by atoms with Crippen LogP contribution in [-0.4, -0.2) is 50.4 Å². The van der Waals surface area contributed by atoms with Gasteiger partial charge in [0.2, 0.25) is 5.91 Å². The lowest BCUT2D eigenvalue weighted by molar-refractivity contribution is -0.182. The highest BCUT2D eigenvalue weighted by Crippen LogP contribution is 2.35. The Bertz CT molecular complexity index is 1190. The lowest BCUT2D eigenvalue weighted by Gasteiger charge is -2.34. The number of hydrogen-bond acceptors (Lipinski definition) is 6.